The Hall–Kier alpha value is -4.01. The summed E-state index contributed by atoms with van der Waals surface area (Å²) < 4.78 is 17.0. The van der Waals surface area contributed by atoms with Crippen LogP contribution in [0.3, 0.4) is 0 Å². The second-order valence-electron chi connectivity index (χ2n) is 8.42. The van der Waals surface area contributed by atoms with Crippen molar-refractivity contribution in [3.05, 3.63) is 82.2 Å². The molecule has 174 valence electrons. The summed E-state index contributed by atoms with van der Waals surface area (Å²) in [6.07, 6.45) is 0. The molecule has 0 aliphatic carbocycles. The van der Waals surface area contributed by atoms with Gasteiger partial charge in [-0.2, -0.15) is 10.2 Å². The smallest absolute Gasteiger partial charge is 0.295 e. The Bertz CT molecular complexity index is 1420. The van der Waals surface area contributed by atoms with E-state index in [9.17, 15) is 14.0 Å². The Morgan fingerprint density at radius 2 is 1.62 bits per heavy atom. The van der Waals surface area contributed by atoms with E-state index in [0.29, 0.717) is 48.5 Å². The molecule has 0 atom stereocenters. The Balaban J connectivity index is 1.36. The van der Waals surface area contributed by atoms with Crippen LogP contribution in [-0.2, 0) is 11.3 Å². The maximum atomic E-state index is 14.1. The first kappa shape index (κ1) is 21.8. The highest BCUT2D eigenvalue weighted by molar-refractivity contribution is 5.84. The molecule has 2 aromatic heterocycles. The largest absolute Gasteiger partial charge is 0.366 e. The molecule has 8 nitrogen and oxygen atoms in total. The molecule has 0 unspecified atom stereocenters. The van der Waals surface area contributed by atoms with Crippen molar-refractivity contribution in [3.63, 3.8) is 0 Å². The van der Waals surface area contributed by atoms with Gasteiger partial charge in [-0.15, -0.1) is 0 Å². The molecule has 1 aliphatic heterocycles. The molecule has 0 spiro atoms. The zero-order chi connectivity index (χ0) is 23.8. The number of piperazine rings is 1. The molecule has 5 rings (SSSR count). The number of anilines is 1. The van der Waals surface area contributed by atoms with Crippen LogP contribution in [0.5, 0.6) is 0 Å². The molecule has 4 aromatic rings. The molecule has 2 aromatic carbocycles. The number of nitrogens with zero attached hydrogens (tertiary/aromatic N) is 6. The number of amides is 1. The topological polar surface area (TPSA) is 76.3 Å². The van der Waals surface area contributed by atoms with Gasteiger partial charge in [0.05, 0.1) is 28.1 Å². The fraction of sp³-hybridized carbons (Fsp3) is 0.280. The molecule has 0 radical (unpaired) electrons. The van der Waals surface area contributed by atoms with Crippen LogP contribution in [-0.4, -0.2) is 56.5 Å². The summed E-state index contributed by atoms with van der Waals surface area (Å²) in [5.41, 5.74) is 2.77. The van der Waals surface area contributed by atoms with Crippen molar-refractivity contribution in [1.82, 2.24) is 24.5 Å². The van der Waals surface area contributed by atoms with Gasteiger partial charge < -0.3 is 9.80 Å². The Morgan fingerprint density at radius 1 is 0.941 bits per heavy atom. The third-order valence-electron chi connectivity index (χ3n) is 6.30. The van der Waals surface area contributed by atoms with Gasteiger partial charge >= 0.3 is 0 Å². The van der Waals surface area contributed by atoms with Gasteiger partial charge in [-0.3, -0.25) is 9.59 Å². The minimum Gasteiger partial charge on any atom is -0.366 e. The van der Waals surface area contributed by atoms with Crippen molar-refractivity contribution >= 4 is 22.5 Å². The van der Waals surface area contributed by atoms with E-state index in [1.807, 2.05) is 49.1 Å². The van der Waals surface area contributed by atoms with E-state index < -0.39 is 5.56 Å². The van der Waals surface area contributed by atoms with Gasteiger partial charge in [0.25, 0.3) is 5.56 Å². The summed E-state index contributed by atoms with van der Waals surface area (Å²) >= 11 is 0. The van der Waals surface area contributed by atoms with E-state index in [1.165, 1.54) is 10.7 Å². The average molecular weight is 461 g/mol. The van der Waals surface area contributed by atoms with Crippen LogP contribution in [0.25, 0.3) is 16.6 Å². The van der Waals surface area contributed by atoms with Crippen molar-refractivity contribution < 1.29 is 9.18 Å². The molecule has 1 amide bonds. The minimum atomic E-state index is -0.392. The zero-order valence-electron chi connectivity index (χ0n) is 19.1. The van der Waals surface area contributed by atoms with E-state index in [4.69, 9.17) is 0 Å². The van der Waals surface area contributed by atoms with E-state index in [-0.39, 0.29) is 18.3 Å². The fourth-order valence-electron chi connectivity index (χ4n) is 4.54. The SMILES string of the molecule is Cc1nn(CC(=O)N2CCN(c3ccccc3F)CC2)c(=O)c2nn(-c3ccccc3)c(C)c12. The summed E-state index contributed by atoms with van der Waals surface area (Å²) in [7, 11) is 0. The predicted molar refractivity (Wildman–Crippen MR) is 128 cm³/mol. The lowest BCUT2D eigenvalue weighted by Crippen LogP contribution is -2.50. The normalized spacial score (nSPS) is 14.1. The lowest BCUT2D eigenvalue weighted by Gasteiger charge is -2.36. The van der Waals surface area contributed by atoms with Crippen molar-refractivity contribution in [1.29, 1.82) is 0 Å². The maximum Gasteiger partial charge on any atom is 0.295 e. The van der Waals surface area contributed by atoms with E-state index in [0.717, 1.165) is 11.4 Å². The van der Waals surface area contributed by atoms with Gasteiger partial charge in [0.1, 0.15) is 12.4 Å². The highest BCUT2D eigenvalue weighted by atomic mass is 19.1. The number of hydrogen-bond donors (Lipinski definition) is 0. The third kappa shape index (κ3) is 3.83. The lowest BCUT2D eigenvalue weighted by atomic mass is 10.2. The van der Waals surface area contributed by atoms with Crippen LogP contribution < -0.4 is 10.5 Å². The van der Waals surface area contributed by atoms with Crippen molar-refractivity contribution in [2.24, 2.45) is 0 Å². The summed E-state index contributed by atoms with van der Waals surface area (Å²) in [6, 6.07) is 16.2. The van der Waals surface area contributed by atoms with Crippen molar-refractivity contribution in [3.8, 4) is 5.69 Å². The standard InChI is InChI=1S/C25H25FN6O2/c1-17-23-18(2)32(19-8-4-3-5-9-19)28-24(23)25(34)31(27-17)16-22(33)30-14-12-29(13-15-30)21-11-7-6-10-20(21)26/h3-11H,12-16H2,1-2H3. The van der Waals surface area contributed by atoms with Gasteiger partial charge in [0.15, 0.2) is 5.52 Å². The van der Waals surface area contributed by atoms with Crippen LogP contribution in [0, 0.1) is 19.7 Å². The monoisotopic (exact) mass is 460 g/mol. The zero-order valence-corrected chi connectivity index (χ0v) is 19.1. The van der Waals surface area contributed by atoms with E-state index in [1.54, 1.807) is 27.8 Å². The maximum absolute atomic E-state index is 14.1. The van der Waals surface area contributed by atoms with E-state index >= 15 is 0 Å². The number of carbonyl (C=O) groups is 1. The Labute approximate surface area is 195 Å². The number of aromatic nitrogens is 4. The number of carbonyl (C=O) groups excluding carboxylic acids is 1. The first-order chi connectivity index (χ1) is 16.4. The van der Waals surface area contributed by atoms with Crippen molar-refractivity contribution in [2.45, 2.75) is 20.4 Å². The van der Waals surface area contributed by atoms with Crippen LogP contribution in [0.15, 0.2) is 59.4 Å². The fourth-order valence-corrected chi connectivity index (χ4v) is 4.54. The number of hydrogen-bond acceptors (Lipinski definition) is 5. The van der Waals surface area contributed by atoms with Crippen molar-refractivity contribution in [2.75, 3.05) is 31.1 Å². The number of fused-ring (bicyclic) bond motifs is 1. The van der Waals surface area contributed by atoms with Gasteiger partial charge in [-0.25, -0.2) is 13.8 Å². The molecule has 9 heteroatoms. The molecule has 0 N–H and O–H groups in total. The molecular formula is C25H25FN6O2. The third-order valence-corrected chi connectivity index (χ3v) is 6.30. The van der Waals surface area contributed by atoms with Gasteiger partial charge in [0.2, 0.25) is 5.91 Å². The molecule has 1 fully saturated rings. The summed E-state index contributed by atoms with van der Waals surface area (Å²) in [4.78, 5) is 29.8. The Kier molecular flexibility index (Phi) is 5.61. The van der Waals surface area contributed by atoms with Crippen LogP contribution in [0.4, 0.5) is 10.1 Å². The summed E-state index contributed by atoms with van der Waals surface area (Å²) in [6.45, 7) is 5.50. The molecule has 3 heterocycles. The second kappa shape index (κ2) is 8.74. The summed E-state index contributed by atoms with van der Waals surface area (Å²) in [5.74, 6) is -0.465. The molecule has 34 heavy (non-hydrogen) atoms. The predicted octanol–water partition coefficient (Wildman–Crippen LogP) is 2.69. The van der Waals surface area contributed by atoms with Crippen LogP contribution >= 0.6 is 0 Å². The lowest BCUT2D eigenvalue weighted by molar-refractivity contribution is -0.132. The van der Waals surface area contributed by atoms with Gasteiger partial charge in [-0.1, -0.05) is 30.3 Å². The average Bonchev–Trinajstić information content (AvgIpc) is 3.21. The number of para-hydroxylation sites is 2. The van der Waals surface area contributed by atoms with Crippen LogP contribution in [0.2, 0.25) is 0 Å². The molecular weight excluding hydrogens is 435 g/mol. The van der Waals surface area contributed by atoms with E-state index in [2.05, 4.69) is 10.2 Å². The quantitative estimate of drug-likeness (QED) is 0.468. The minimum absolute atomic E-state index is 0.160. The van der Waals surface area contributed by atoms with Gasteiger partial charge in [-0.05, 0) is 38.1 Å². The summed E-state index contributed by atoms with van der Waals surface area (Å²) in [5, 5.41) is 9.68. The number of benzene rings is 2. The highest BCUT2D eigenvalue weighted by Gasteiger charge is 2.24. The second-order valence-corrected chi connectivity index (χ2v) is 8.42. The molecule has 0 saturated carbocycles. The van der Waals surface area contributed by atoms with Crippen LogP contribution in [0.1, 0.15) is 11.4 Å². The number of aryl methyl sites for hydroxylation is 2. The molecule has 0 bridgehead atoms. The number of rotatable bonds is 4. The first-order valence-electron chi connectivity index (χ1n) is 11.2. The molecule has 1 aliphatic rings. The first-order valence-corrected chi connectivity index (χ1v) is 11.2. The number of halogens is 1. The van der Waals surface area contributed by atoms with Gasteiger partial charge in [0, 0.05) is 26.2 Å². The molecule has 1 saturated heterocycles. The highest BCUT2D eigenvalue weighted by Crippen LogP contribution is 2.22. The Morgan fingerprint density at radius 3 is 2.32 bits per heavy atom.